The summed E-state index contributed by atoms with van der Waals surface area (Å²) in [6.45, 7) is 9.34. The Morgan fingerprint density at radius 1 is 0.672 bits per heavy atom. The summed E-state index contributed by atoms with van der Waals surface area (Å²) in [4.78, 5) is 65.2. The lowest BCUT2D eigenvalue weighted by molar-refractivity contribution is -0.127. The van der Waals surface area contributed by atoms with Crippen LogP contribution in [-0.4, -0.2) is 95.0 Å². The van der Waals surface area contributed by atoms with Crippen molar-refractivity contribution in [1.29, 1.82) is 0 Å². The Morgan fingerprint density at radius 2 is 1.20 bits per heavy atom. The van der Waals surface area contributed by atoms with Crippen molar-refractivity contribution in [2.75, 3.05) is 49.9 Å². The normalized spacial score (nSPS) is 16.8. The van der Waals surface area contributed by atoms with Gasteiger partial charge in [0, 0.05) is 86.9 Å². The number of carbonyl (C=O) groups is 4. The number of nitrogens with zero attached hydrogens (tertiary/aromatic N) is 4. The first-order valence-electron chi connectivity index (χ1n) is 23.1. The maximum Gasteiger partial charge on any atom is 0.321 e. The second kappa shape index (κ2) is 22.7. The number of likely N-dealkylation sites (tertiary alicyclic amines) is 2. The van der Waals surface area contributed by atoms with Gasteiger partial charge in [-0.05, 0) is 111 Å². The Labute approximate surface area is 378 Å². The van der Waals surface area contributed by atoms with Gasteiger partial charge in [-0.1, -0.05) is 75.4 Å². The van der Waals surface area contributed by atoms with Crippen LogP contribution in [0, 0.1) is 11.8 Å². The number of urea groups is 2. The molecule has 0 spiro atoms. The number of nitrogens with one attached hydrogen (secondary N) is 4. The number of hydrogen-bond acceptors (Lipinski definition) is 8. The lowest BCUT2D eigenvalue weighted by atomic mass is 9.72. The molecule has 14 nitrogen and oxygen atoms in total. The molecular weight excluding hydrogens is 805 g/mol. The van der Waals surface area contributed by atoms with E-state index in [2.05, 4.69) is 82.3 Å². The smallest absolute Gasteiger partial charge is 0.321 e. The van der Waals surface area contributed by atoms with Crippen molar-refractivity contribution in [3.63, 3.8) is 0 Å². The molecule has 2 aliphatic heterocycles. The fourth-order valence-corrected chi connectivity index (χ4v) is 9.55. The molecule has 0 saturated carbocycles. The molecule has 64 heavy (non-hydrogen) atoms. The molecule has 2 aliphatic rings. The third kappa shape index (κ3) is 11.8. The number of anilines is 2. The number of carbonyl (C=O) groups excluding carboxylic acids is 4. The highest BCUT2D eigenvalue weighted by Crippen LogP contribution is 2.36. The number of aromatic nitrogens is 2. The Hall–Kier alpha value is -5.86. The Bertz CT molecular complexity index is 2110. The van der Waals surface area contributed by atoms with Gasteiger partial charge in [-0.15, -0.1) is 0 Å². The van der Waals surface area contributed by atoms with Crippen molar-refractivity contribution in [1.82, 2.24) is 30.4 Å². The Balaban J connectivity index is 1.04. The number of pyridine rings is 2. The average molecular weight is 873 g/mol. The zero-order valence-corrected chi connectivity index (χ0v) is 37.8. The number of benzene rings is 2. The van der Waals surface area contributed by atoms with E-state index in [1.165, 1.54) is 0 Å². The molecule has 2 aromatic heterocycles. The van der Waals surface area contributed by atoms with Crippen LogP contribution in [0.3, 0.4) is 0 Å². The summed E-state index contributed by atoms with van der Waals surface area (Å²) < 4.78 is 0. The quantitative estimate of drug-likeness (QED) is 0.0643. The number of aryl methyl sites for hydroxylation is 1. The van der Waals surface area contributed by atoms with Crippen molar-refractivity contribution in [2.45, 2.75) is 101 Å². The van der Waals surface area contributed by atoms with Crippen LogP contribution in [0.25, 0.3) is 0 Å². The van der Waals surface area contributed by atoms with Gasteiger partial charge in [-0.2, -0.15) is 0 Å². The summed E-state index contributed by atoms with van der Waals surface area (Å²) in [5, 5.41) is 12.3. The molecule has 0 aliphatic carbocycles. The molecular formula is C50H68N10O4. The van der Waals surface area contributed by atoms with Crippen molar-refractivity contribution in [2.24, 2.45) is 23.3 Å². The molecule has 4 heterocycles. The topological polar surface area (TPSA) is 201 Å². The van der Waals surface area contributed by atoms with Gasteiger partial charge in [0.2, 0.25) is 11.8 Å². The van der Waals surface area contributed by atoms with E-state index in [9.17, 15) is 19.2 Å². The van der Waals surface area contributed by atoms with Crippen molar-refractivity contribution in [3.8, 4) is 0 Å². The molecule has 6 amide bonds. The molecule has 4 aromatic rings. The van der Waals surface area contributed by atoms with Gasteiger partial charge in [0.15, 0.2) is 0 Å². The van der Waals surface area contributed by atoms with Crippen molar-refractivity contribution in [3.05, 3.63) is 120 Å². The molecule has 2 saturated heterocycles. The second-order valence-corrected chi connectivity index (χ2v) is 17.6. The minimum absolute atomic E-state index is 0.0237. The highest BCUT2D eigenvalue weighted by atomic mass is 16.2. The largest absolute Gasteiger partial charge is 0.354 e. The summed E-state index contributed by atoms with van der Waals surface area (Å²) in [5.41, 5.74) is 16.9. The number of hydrogen-bond donors (Lipinski definition) is 6. The van der Waals surface area contributed by atoms with E-state index in [0.29, 0.717) is 76.3 Å². The van der Waals surface area contributed by atoms with Gasteiger partial charge in [0.25, 0.3) is 0 Å². The van der Waals surface area contributed by atoms with Gasteiger partial charge in [-0.25, -0.2) is 9.59 Å². The molecule has 3 unspecified atom stereocenters. The van der Waals surface area contributed by atoms with Crippen LogP contribution in [0.5, 0.6) is 0 Å². The first-order chi connectivity index (χ1) is 31.0. The fraction of sp³-hybridized carbons (Fsp3) is 0.480. The Morgan fingerprint density at radius 3 is 1.73 bits per heavy atom. The zero-order valence-electron chi connectivity index (χ0n) is 37.8. The fourth-order valence-electron chi connectivity index (χ4n) is 9.55. The summed E-state index contributed by atoms with van der Waals surface area (Å²) >= 11 is 0. The van der Waals surface area contributed by atoms with Crippen LogP contribution >= 0.6 is 0 Å². The van der Waals surface area contributed by atoms with E-state index in [0.717, 1.165) is 48.8 Å². The van der Waals surface area contributed by atoms with E-state index in [1.54, 1.807) is 54.0 Å². The molecule has 6 rings (SSSR count). The molecule has 2 fully saturated rings. The SMILES string of the molecule is CCC(CCc1cccc(C(CC)(CC)C(=O)NCC(N)C2CCN(C(=O)Nc3ccncc3)CC2)c1)(CNC(=O)C(N)C1CCN(C(=O)Nc2ccncc2)CC1)c1ccccc1. The standard InChI is InChI=1S/C50H68N10O4/c1-4-49(39-12-8-7-9-13-39,35-56-45(61)44(52)38-22-31-60(32-23-38)48(64)58-42-18-27-54-28-19-42)24-15-36-11-10-14-40(33-36)50(5-2,6-3)46(62)55-34-43(51)37-20-29-59(30-21-37)47(63)57-41-16-25-53-26-17-41/h7-14,16-19,25-28,33,37-38,43-44H,4-6,15,20-24,29-32,34-35,51-52H2,1-3H3,(H,55,62)(H,56,61)(H,53,57,63)(H,54,58,64). The first-order valence-corrected chi connectivity index (χ1v) is 23.1. The van der Waals surface area contributed by atoms with Crippen molar-refractivity contribution >= 4 is 35.3 Å². The van der Waals surface area contributed by atoms with Gasteiger partial charge < -0.3 is 42.5 Å². The predicted octanol–water partition coefficient (Wildman–Crippen LogP) is 6.59. The van der Waals surface area contributed by atoms with E-state index in [4.69, 9.17) is 11.5 Å². The minimum atomic E-state index is -0.727. The van der Waals surface area contributed by atoms with Crippen LogP contribution < -0.4 is 32.7 Å². The number of amides is 6. The molecule has 0 bridgehead atoms. The van der Waals surface area contributed by atoms with Crippen LogP contribution in [-0.2, 0) is 26.8 Å². The van der Waals surface area contributed by atoms with Gasteiger partial charge in [0.1, 0.15) is 0 Å². The second-order valence-electron chi connectivity index (χ2n) is 17.6. The highest BCUT2D eigenvalue weighted by Gasteiger charge is 2.39. The maximum atomic E-state index is 14.2. The summed E-state index contributed by atoms with van der Waals surface area (Å²) in [6, 6.07) is 24.6. The van der Waals surface area contributed by atoms with E-state index in [-0.39, 0.29) is 47.2 Å². The third-order valence-electron chi connectivity index (χ3n) is 14.1. The molecule has 0 radical (unpaired) electrons. The van der Waals surface area contributed by atoms with Gasteiger partial charge >= 0.3 is 12.1 Å². The monoisotopic (exact) mass is 873 g/mol. The van der Waals surface area contributed by atoms with Crippen LogP contribution in [0.2, 0.25) is 0 Å². The minimum Gasteiger partial charge on any atom is -0.354 e. The van der Waals surface area contributed by atoms with Gasteiger partial charge in [-0.3, -0.25) is 19.6 Å². The predicted molar refractivity (Wildman–Crippen MR) is 253 cm³/mol. The average Bonchev–Trinajstić information content (AvgIpc) is 3.34. The van der Waals surface area contributed by atoms with Crippen LogP contribution in [0.4, 0.5) is 21.0 Å². The zero-order chi connectivity index (χ0) is 45.5. The lowest BCUT2D eigenvalue weighted by Gasteiger charge is -2.37. The number of rotatable bonds is 18. The van der Waals surface area contributed by atoms with Gasteiger partial charge in [0.05, 0.1) is 11.5 Å². The van der Waals surface area contributed by atoms with Crippen molar-refractivity contribution < 1.29 is 19.2 Å². The summed E-state index contributed by atoms with van der Waals surface area (Å²) in [5.74, 6) is -0.0505. The van der Waals surface area contributed by atoms with Crippen LogP contribution in [0.1, 0.15) is 88.8 Å². The number of piperidine rings is 2. The maximum absolute atomic E-state index is 14.2. The highest BCUT2D eigenvalue weighted by molar-refractivity contribution is 5.90. The van der Waals surface area contributed by atoms with E-state index in [1.807, 2.05) is 29.2 Å². The molecule has 3 atom stereocenters. The number of nitrogens with two attached hydrogens (primary N) is 2. The van der Waals surface area contributed by atoms with E-state index < -0.39 is 11.5 Å². The molecule has 14 heteroatoms. The van der Waals surface area contributed by atoms with Crippen LogP contribution in [0.15, 0.2) is 104 Å². The molecule has 342 valence electrons. The lowest BCUT2D eigenvalue weighted by Crippen LogP contribution is -2.52. The molecule has 8 N–H and O–H groups in total. The van der Waals surface area contributed by atoms with E-state index >= 15 is 0 Å². The third-order valence-corrected chi connectivity index (χ3v) is 14.1. The summed E-state index contributed by atoms with van der Waals surface area (Å²) in [7, 11) is 0. The first kappa shape index (κ1) is 47.6. The summed E-state index contributed by atoms with van der Waals surface area (Å²) in [6.07, 6.45) is 13.0. The Kier molecular flexibility index (Phi) is 16.9. The molecule has 2 aromatic carbocycles.